The number of nitrogens with one attached hydrogen (secondary N) is 1. The van der Waals surface area contributed by atoms with E-state index in [1.165, 1.54) is 7.11 Å². The molecule has 1 aromatic heterocycles. The van der Waals surface area contributed by atoms with Crippen LogP contribution >= 0.6 is 0 Å². The van der Waals surface area contributed by atoms with Crippen LogP contribution in [-0.4, -0.2) is 28.9 Å². The highest BCUT2D eigenvalue weighted by atomic mass is 16.5. The molecular formula is C11H17N3O2. The van der Waals surface area contributed by atoms with Crippen molar-refractivity contribution in [1.29, 1.82) is 0 Å². The molecule has 0 amide bonds. The number of ether oxygens (including phenoxy) is 1. The predicted molar refractivity (Wildman–Crippen MR) is 58.6 cm³/mol. The summed E-state index contributed by atoms with van der Waals surface area (Å²) in [6, 6.07) is 1.76. The monoisotopic (exact) mass is 223 g/mol. The van der Waals surface area contributed by atoms with Crippen molar-refractivity contribution >= 4 is 5.97 Å². The highest BCUT2D eigenvalue weighted by molar-refractivity contribution is 5.76. The average molecular weight is 223 g/mol. The quantitative estimate of drug-likeness (QED) is 0.737. The second-order valence-electron chi connectivity index (χ2n) is 4.20. The molecule has 2 rings (SSSR count). The third-order valence-electron chi connectivity index (χ3n) is 2.82. The van der Waals surface area contributed by atoms with Gasteiger partial charge in [0.2, 0.25) is 0 Å². The summed E-state index contributed by atoms with van der Waals surface area (Å²) in [6.45, 7) is 0.608. The fourth-order valence-corrected chi connectivity index (χ4v) is 1.77. The van der Waals surface area contributed by atoms with Crippen molar-refractivity contribution in [3.63, 3.8) is 0 Å². The third kappa shape index (κ3) is 2.61. The first-order valence-corrected chi connectivity index (χ1v) is 5.50. The number of methoxy groups -OCH3 is 1. The lowest BCUT2D eigenvalue weighted by Crippen LogP contribution is -2.39. The first-order chi connectivity index (χ1) is 7.70. The Morgan fingerprint density at radius 1 is 1.75 bits per heavy atom. The molecule has 0 aromatic carbocycles. The van der Waals surface area contributed by atoms with Gasteiger partial charge in [-0.25, -0.2) is 0 Å². The molecule has 1 aliphatic rings. The second kappa shape index (κ2) is 4.65. The summed E-state index contributed by atoms with van der Waals surface area (Å²) in [7, 11) is 3.31. The predicted octanol–water partition coefficient (Wildman–Crippen LogP) is 0.461. The third-order valence-corrected chi connectivity index (χ3v) is 2.82. The zero-order valence-corrected chi connectivity index (χ0v) is 9.64. The summed E-state index contributed by atoms with van der Waals surface area (Å²) in [6.07, 6.45) is 4.10. The molecule has 0 spiro atoms. The molecule has 5 heteroatoms. The number of carbonyl (C=O) groups excluding carboxylic acids is 1. The number of aromatic nitrogens is 2. The normalized spacial score (nSPS) is 17.1. The second-order valence-corrected chi connectivity index (χ2v) is 4.20. The Morgan fingerprint density at radius 2 is 2.50 bits per heavy atom. The summed E-state index contributed by atoms with van der Waals surface area (Å²) < 4.78 is 6.53. The van der Waals surface area contributed by atoms with E-state index in [9.17, 15) is 4.79 Å². The van der Waals surface area contributed by atoms with Crippen molar-refractivity contribution in [3.8, 4) is 0 Å². The van der Waals surface area contributed by atoms with Gasteiger partial charge in [-0.3, -0.25) is 14.8 Å². The van der Waals surface area contributed by atoms with E-state index in [0.717, 1.165) is 18.5 Å². The van der Waals surface area contributed by atoms with Gasteiger partial charge in [0.05, 0.1) is 12.8 Å². The Morgan fingerprint density at radius 3 is 3.00 bits per heavy atom. The van der Waals surface area contributed by atoms with Crippen molar-refractivity contribution in [1.82, 2.24) is 15.1 Å². The van der Waals surface area contributed by atoms with E-state index in [-0.39, 0.29) is 12.0 Å². The zero-order valence-electron chi connectivity index (χ0n) is 9.64. The molecule has 1 heterocycles. The van der Waals surface area contributed by atoms with Gasteiger partial charge >= 0.3 is 5.97 Å². The first kappa shape index (κ1) is 11.1. The van der Waals surface area contributed by atoms with E-state index >= 15 is 0 Å². The molecule has 1 aromatic rings. The maximum absolute atomic E-state index is 11.5. The maximum Gasteiger partial charge on any atom is 0.323 e. The summed E-state index contributed by atoms with van der Waals surface area (Å²) >= 11 is 0. The van der Waals surface area contributed by atoms with Crippen molar-refractivity contribution in [2.45, 2.75) is 25.4 Å². The molecule has 1 unspecified atom stereocenters. The minimum atomic E-state index is -0.174. The number of nitrogens with zero attached hydrogens (tertiary/aromatic N) is 2. The highest BCUT2D eigenvalue weighted by Crippen LogP contribution is 2.33. The summed E-state index contributed by atoms with van der Waals surface area (Å²) in [4.78, 5) is 11.5. The number of aryl methyl sites for hydroxylation is 1. The van der Waals surface area contributed by atoms with E-state index in [2.05, 4.69) is 10.4 Å². The van der Waals surface area contributed by atoms with Crippen LogP contribution in [0.3, 0.4) is 0 Å². The Labute approximate surface area is 94.8 Å². The summed E-state index contributed by atoms with van der Waals surface area (Å²) in [5, 5.41) is 7.46. The van der Waals surface area contributed by atoms with Gasteiger partial charge in [-0.2, -0.15) is 5.10 Å². The average Bonchev–Trinajstić information content (AvgIpc) is 3.02. The standard InChI is InChI=1S/C11H17N3O2/c1-14-6-5-9(13-14)7-12-10(8-3-4-8)11(15)16-2/h5-6,8,10,12H,3-4,7H2,1-2H3. The van der Waals surface area contributed by atoms with Gasteiger partial charge < -0.3 is 4.74 Å². The minimum absolute atomic E-state index is 0.168. The number of rotatable bonds is 5. The van der Waals surface area contributed by atoms with E-state index in [1.54, 1.807) is 4.68 Å². The lowest BCUT2D eigenvalue weighted by molar-refractivity contribution is -0.143. The Balaban J connectivity index is 1.88. The van der Waals surface area contributed by atoms with Crippen LogP contribution < -0.4 is 5.32 Å². The van der Waals surface area contributed by atoms with Gasteiger partial charge in [-0.1, -0.05) is 0 Å². The maximum atomic E-state index is 11.5. The number of hydrogen-bond donors (Lipinski definition) is 1. The Kier molecular flexibility index (Phi) is 3.24. The van der Waals surface area contributed by atoms with Crippen LogP contribution in [0.2, 0.25) is 0 Å². The van der Waals surface area contributed by atoms with Gasteiger partial charge in [0, 0.05) is 19.8 Å². The SMILES string of the molecule is COC(=O)C(NCc1ccn(C)n1)C1CC1. The molecule has 0 aliphatic heterocycles. The van der Waals surface area contributed by atoms with Gasteiger partial charge in [0.15, 0.2) is 0 Å². The molecule has 1 aliphatic carbocycles. The van der Waals surface area contributed by atoms with E-state index in [1.807, 2.05) is 19.3 Å². The molecule has 1 N–H and O–H groups in total. The highest BCUT2D eigenvalue weighted by Gasteiger charge is 2.36. The summed E-state index contributed by atoms with van der Waals surface area (Å²) in [5.41, 5.74) is 0.942. The van der Waals surface area contributed by atoms with Crippen LogP contribution in [0.5, 0.6) is 0 Å². The molecule has 0 saturated heterocycles. The lowest BCUT2D eigenvalue weighted by atomic mass is 10.2. The van der Waals surface area contributed by atoms with Crippen LogP contribution in [0, 0.1) is 5.92 Å². The number of esters is 1. The van der Waals surface area contributed by atoms with Crippen LogP contribution in [-0.2, 0) is 23.1 Å². The Bertz CT molecular complexity index is 371. The molecule has 0 radical (unpaired) electrons. The minimum Gasteiger partial charge on any atom is -0.468 e. The van der Waals surface area contributed by atoms with Gasteiger partial charge in [0.25, 0.3) is 0 Å². The lowest BCUT2D eigenvalue weighted by Gasteiger charge is -2.14. The largest absolute Gasteiger partial charge is 0.468 e. The van der Waals surface area contributed by atoms with Crippen molar-refractivity contribution in [3.05, 3.63) is 18.0 Å². The van der Waals surface area contributed by atoms with E-state index < -0.39 is 0 Å². The topological polar surface area (TPSA) is 56.1 Å². The van der Waals surface area contributed by atoms with Crippen molar-refractivity contribution < 1.29 is 9.53 Å². The fraction of sp³-hybridized carbons (Fsp3) is 0.636. The molecule has 1 fully saturated rings. The zero-order chi connectivity index (χ0) is 11.5. The van der Waals surface area contributed by atoms with Crippen molar-refractivity contribution in [2.24, 2.45) is 13.0 Å². The van der Waals surface area contributed by atoms with Gasteiger partial charge in [0.1, 0.15) is 6.04 Å². The summed E-state index contributed by atoms with van der Waals surface area (Å²) in [5.74, 6) is 0.273. The number of hydrogen-bond acceptors (Lipinski definition) is 4. The van der Waals surface area contributed by atoms with Gasteiger partial charge in [-0.15, -0.1) is 0 Å². The van der Waals surface area contributed by atoms with E-state index in [0.29, 0.717) is 12.5 Å². The molecule has 88 valence electrons. The number of carbonyl (C=O) groups is 1. The molecule has 0 bridgehead atoms. The van der Waals surface area contributed by atoms with Crippen LogP contribution in [0.25, 0.3) is 0 Å². The first-order valence-electron chi connectivity index (χ1n) is 5.50. The Hall–Kier alpha value is -1.36. The van der Waals surface area contributed by atoms with Crippen LogP contribution in [0.4, 0.5) is 0 Å². The molecule has 16 heavy (non-hydrogen) atoms. The molecule has 1 atom stereocenters. The fourth-order valence-electron chi connectivity index (χ4n) is 1.77. The molecule has 1 saturated carbocycles. The van der Waals surface area contributed by atoms with Crippen LogP contribution in [0.15, 0.2) is 12.3 Å². The molecular weight excluding hydrogens is 206 g/mol. The van der Waals surface area contributed by atoms with Gasteiger partial charge in [-0.05, 0) is 24.8 Å². The van der Waals surface area contributed by atoms with Crippen molar-refractivity contribution in [2.75, 3.05) is 7.11 Å². The van der Waals surface area contributed by atoms with E-state index in [4.69, 9.17) is 4.74 Å². The smallest absolute Gasteiger partial charge is 0.323 e. The molecule has 5 nitrogen and oxygen atoms in total. The van der Waals surface area contributed by atoms with Crippen LogP contribution in [0.1, 0.15) is 18.5 Å².